The SMILES string of the molecule is C[C@]12CC[C@H]3[C@@H](CCC4=CC(=O)CC[C@@]43S)[C@@H]1CCC2O. The zero-order valence-electron chi connectivity index (χ0n) is 12.8. The van der Waals surface area contributed by atoms with Gasteiger partial charge >= 0.3 is 0 Å². The molecule has 0 aromatic heterocycles. The third-order valence-corrected chi connectivity index (χ3v) is 8.23. The van der Waals surface area contributed by atoms with Crippen LogP contribution in [0.5, 0.6) is 0 Å². The molecule has 0 heterocycles. The van der Waals surface area contributed by atoms with Gasteiger partial charge < -0.3 is 5.11 Å². The topological polar surface area (TPSA) is 37.3 Å². The van der Waals surface area contributed by atoms with E-state index >= 15 is 0 Å². The molecule has 4 aliphatic rings. The molecule has 0 amide bonds. The number of carbonyl (C=O) groups excluding carboxylic acids is 1. The summed E-state index contributed by atoms with van der Waals surface area (Å²) in [6.07, 6.45) is 10.1. The van der Waals surface area contributed by atoms with E-state index in [1.807, 2.05) is 6.08 Å². The first kappa shape index (κ1) is 14.3. The molecule has 1 unspecified atom stereocenters. The van der Waals surface area contributed by atoms with Crippen LogP contribution in [0.2, 0.25) is 0 Å². The van der Waals surface area contributed by atoms with E-state index in [-0.39, 0.29) is 16.3 Å². The second-order valence-corrected chi connectivity index (χ2v) is 8.91. The van der Waals surface area contributed by atoms with Gasteiger partial charge in [0.1, 0.15) is 0 Å². The van der Waals surface area contributed by atoms with E-state index in [2.05, 4.69) is 6.92 Å². The van der Waals surface area contributed by atoms with Crippen LogP contribution >= 0.6 is 12.6 Å². The Labute approximate surface area is 132 Å². The van der Waals surface area contributed by atoms with Crippen LogP contribution in [-0.2, 0) is 4.79 Å². The highest BCUT2D eigenvalue weighted by atomic mass is 32.1. The van der Waals surface area contributed by atoms with Crippen molar-refractivity contribution in [2.24, 2.45) is 23.2 Å². The minimum Gasteiger partial charge on any atom is -0.393 e. The predicted molar refractivity (Wildman–Crippen MR) is 86.3 cm³/mol. The minimum atomic E-state index is -0.107. The van der Waals surface area contributed by atoms with Crippen LogP contribution in [0, 0.1) is 23.2 Å². The highest BCUT2D eigenvalue weighted by Crippen LogP contribution is 2.64. The lowest BCUT2D eigenvalue weighted by atomic mass is 9.52. The van der Waals surface area contributed by atoms with Crippen molar-refractivity contribution < 1.29 is 9.90 Å². The molecule has 0 bridgehead atoms. The van der Waals surface area contributed by atoms with Crippen LogP contribution in [0.1, 0.15) is 58.3 Å². The molecule has 21 heavy (non-hydrogen) atoms. The molecule has 6 atom stereocenters. The number of hydrogen-bond acceptors (Lipinski definition) is 3. The molecule has 3 saturated carbocycles. The van der Waals surface area contributed by atoms with Crippen LogP contribution in [0.4, 0.5) is 0 Å². The number of hydrogen-bond donors (Lipinski definition) is 2. The molecule has 4 rings (SSSR count). The molecule has 0 spiro atoms. The smallest absolute Gasteiger partial charge is 0.155 e. The number of aliphatic hydroxyl groups excluding tert-OH is 1. The summed E-state index contributed by atoms with van der Waals surface area (Å²) < 4.78 is -0.0360. The highest BCUT2D eigenvalue weighted by Gasteiger charge is 2.59. The van der Waals surface area contributed by atoms with E-state index in [1.165, 1.54) is 24.8 Å². The van der Waals surface area contributed by atoms with E-state index < -0.39 is 0 Å². The average Bonchev–Trinajstić information content (AvgIpc) is 2.76. The summed E-state index contributed by atoms with van der Waals surface area (Å²) in [6, 6.07) is 0. The molecule has 0 aromatic rings. The van der Waals surface area contributed by atoms with Gasteiger partial charge in [-0.15, -0.1) is 0 Å². The highest BCUT2D eigenvalue weighted by molar-refractivity contribution is 7.82. The summed E-state index contributed by atoms with van der Waals surface area (Å²) in [5.41, 5.74) is 1.45. The van der Waals surface area contributed by atoms with Crippen LogP contribution < -0.4 is 0 Å². The number of thiol groups is 1. The fraction of sp³-hybridized carbons (Fsp3) is 0.833. The van der Waals surface area contributed by atoms with Crippen molar-refractivity contribution in [2.45, 2.75) is 69.1 Å². The maximum Gasteiger partial charge on any atom is 0.155 e. The third-order valence-electron chi connectivity index (χ3n) is 7.39. The Hall–Kier alpha value is -0.280. The van der Waals surface area contributed by atoms with Gasteiger partial charge in [0.05, 0.1) is 6.10 Å². The van der Waals surface area contributed by atoms with Gasteiger partial charge in [-0.05, 0) is 74.2 Å². The first-order valence-corrected chi connectivity index (χ1v) is 9.04. The average molecular weight is 306 g/mol. The Morgan fingerprint density at radius 1 is 1.14 bits per heavy atom. The zero-order chi connectivity index (χ0) is 14.8. The molecular formula is C18H26O2S. The maximum atomic E-state index is 11.8. The van der Waals surface area contributed by atoms with Crippen molar-refractivity contribution in [1.82, 2.24) is 0 Å². The Balaban J connectivity index is 1.69. The Bertz CT molecular complexity index is 513. The van der Waals surface area contributed by atoms with E-state index in [1.54, 1.807) is 0 Å². The lowest BCUT2D eigenvalue weighted by molar-refractivity contribution is -0.115. The molecule has 3 fully saturated rings. The van der Waals surface area contributed by atoms with Crippen molar-refractivity contribution in [1.29, 1.82) is 0 Å². The van der Waals surface area contributed by atoms with E-state index in [0.29, 0.717) is 30.0 Å². The molecule has 1 N–H and O–H groups in total. The first-order valence-electron chi connectivity index (χ1n) is 8.59. The second kappa shape index (κ2) is 4.61. The summed E-state index contributed by atoms with van der Waals surface area (Å²) >= 11 is 5.14. The summed E-state index contributed by atoms with van der Waals surface area (Å²) in [6.45, 7) is 2.31. The van der Waals surface area contributed by atoms with Gasteiger partial charge in [0.2, 0.25) is 0 Å². The quantitative estimate of drug-likeness (QED) is 0.672. The fourth-order valence-corrected chi connectivity index (χ4v) is 6.76. The third kappa shape index (κ3) is 1.86. The monoisotopic (exact) mass is 306 g/mol. The lowest BCUT2D eigenvalue weighted by Gasteiger charge is -2.57. The van der Waals surface area contributed by atoms with Gasteiger partial charge in [0.25, 0.3) is 0 Å². The van der Waals surface area contributed by atoms with Crippen LogP contribution in [0.3, 0.4) is 0 Å². The van der Waals surface area contributed by atoms with Crippen LogP contribution in [-0.4, -0.2) is 21.7 Å². The van der Waals surface area contributed by atoms with Crippen LogP contribution in [0.25, 0.3) is 0 Å². The van der Waals surface area contributed by atoms with Gasteiger partial charge in [-0.25, -0.2) is 0 Å². The molecule has 0 radical (unpaired) electrons. The molecule has 3 heteroatoms. The number of fused-ring (bicyclic) bond motifs is 5. The summed E-state index contributed by atoms with van der Waals surface area (Å²) in [5, 5.41) is 10.4. The van der Waals surface area contributed by atoms with E-state index in [0.717, 1.165) is 25.7 Å². The number of carbonyl (C=O) groups is 1. The van der Waals surface area contributed by atoms with Crippen molar-refractivity contribution in [3.63, 3.8) is 0 Å². The molecule has 4 aliphatic carbocycles. The summed E-state index contributed by atoms with van der Waals surface area (Å²) in [5.74, 6) is 2.26. The minimum absolute atomic E-state index is 0.0360. The first-order chi connectivity index (χ1) is 9.95. The van der Waals surface area contributed by atoms with Gasteiger partial charge in [-0.2, -0.15) is 12.6 Å². The zero-order valence-corrected chi connectivity index (χ0v) is 13.7. The maximum absolute atomic E-state index is 11.8. The van der Waals surface area contributed by atoms with Crippen molar-refractivity contribution in [2.75, 3.05) is 0 Å². The number of aliphatic hydroxyl groups is 1. The number of rotatable bonds is 0. The Morgan fingerprint density at radius 2 is 1.95 bits per heavy atom. The summed E-state index contributed by atoms with van der Waals surface area (Å²) in [4.78, 5) is 11.8. The standard InChI is InChI=1S/C18H26O2S/c1-17-8-7-15-13(14(17)4-5-16(17)20)3-2-11-10-12(19)6-9-18(11,15)21/h10,13-16,20-21H,2-9H2,1H3/t13-,14-,15-,16?,17-,18+/m0/s1. The molecule has 0 saturated heterocycles. The van der Waals surface area contributed by atoms with Crippen molar-refractivity contribution in [3.05, 3.63) is 11.6 Å². The molecule has 0 aliphatic heterocycles. The van der Waals surface area contributed by atoms with Gasteiger partial charge in [0, 0.05) is 11.2 Å². The van der Waals surface area contributed by atoms with Crippen LogP contribution in [0.15, 0.2) is 11.6 Å². The molecule has 2 nitrogen and oxygen atoms in total. The number of ketones is 1. The van der Waals surface area contributed by atoms with Crippen molar-refractivity contribution >= 4 is 18.4 Å². The lowest BCUT2D eigenvalue weighted by Crippen LogP contribution is -2.53. The fourth-order valence-electron chi connectivity index (χ4n) is 6.16. The van der Waals surface area contributed by atoms with Gasteiger partial charge in [0.15, 0.2) is 5.78 Å². The van der Waals surface area contributed by atoms with Crippen molar-refractivity contribution in [3.8, 4) is 0 Å². The normalized spacial score (nSPS) is 52.7. The Morgan fingerprint density at radius 3 is 2.76 bits per heavy atom. The summed E-state index contributed by atoms with van der Waals surface area (Å²) in [7, 11) is 0. The van der Waals surface area contributed by atoms with E-state index in [9.17, 15) is 9.90 Å². The Kier molecular flexibility index (Phi) is 3.14. The molecule has 0 aromatic carbocycles. The van der Waals surface area contributed by atoms with Gasteiger partial charge in [-0.1, -0.05) is 12.5 Å². The largest absolute Gasteiger partial charge is 0.393 e. The predicted octanol–water partition coefficient (Wildman–Crippen LogP) is 3.54. The van der Waals surface area contributed by atoms with E-state index in [4.69, 9.17) is 12.6 Å². The second-order valence-electron chi connectivity index (χ2n) is 8.11. The molecular weight excluding hydrogens is 280 g/mol. The van der Waals surface area contributed by atoms with Gasteiger partial charge in [-0.3, -0.25) is 4.79 Å². The molecule has 116 valence electrons.